The van der Waals surface area contributed by atoms with Gasteiger partial charge in [0.25, 0.3) is 0 Å². The van der Waals surface area contributed by atoms with E-state index < -0.39 is 5.54 Å². The Kier molecular flexibility index (Phi) is 5.18. The van der Waals surface area contributed by atoms with E-state index in [0.717, 1.165) is 32.6 Å². The highest BCUT2D eigenvalue weighted by atomic mass is 16.2. The molecule has 94 valence electrons. The Morgan fingerprint density at radius 3 is 2.62 bits per heavy atom. The van der Waals surface area contributed by atoms with Crippen molar-refractivity contribution < 1.29 is 4.79 Å². The van der Waals surface area contributed by atoms with Crippen molar-refractivity contribution >= 4 is 5.91 Å². The fraction of sp³-hybridized carbons (Fsp3) is 0.909. The molecule has 1 heterocycles. The third-order valence-electron chi connectivity index (χ3n) is 3.13. The van der Waals surface area contributed by atoms with Gasteiger partial charge in [-0.2, -0.15) is 0 Å². The molecule has 0 saturated carbocycles. The first kappa shape index (κ1) is 13.4. The van der Waals surface area contributed by atoms with E-state index in [1.54, 1.807) is 0 Å². The molecule has 4 N–H and O–H groups in total. The number of carbonyl (C=O) groups excluding carboxylic acids is 1. The first-order valence-corrected chi connectivity index (χ1v) is 6.03. The van der Waals surface area contributed by atoms with E-state index >= 15 is 0 Å². The van der Waals surface area contributed by atoms with Crippen LogP contribution in [0.4, 0.5) is 0 Å². The van der Waals surface area contributed by atoms with Crippen LogP contribution >= 0.6 is 0 Å². The third-order valence-corrected chi connectivity index (χ3v) is 3.13. The summed E-state index contributed by atoms with van der Waals surface area (Å²) in [7, 11) is 0. The molecule has 16 heavy (non-hydrogen) atoms. The van der Waals surface area contributed by atoms with E-state index in [9.17, 15) is 4.79 Å². The summed E-state index contributed by atoms with van der Waals surface area (Å²) in [6, 6.07) is 0. The molecule has 5 nitrogen and oxygen atoms in total. The highest BCUT2D eigenvalue weighted by Crippen LogP contribution is 2.14. The molecule has 1 aliphatic heterocycles. The average molecular weight is 228 g/mol. The van der Waals surface area contributed by atoms with Crippen molar-refractivity contribution in [2.45, 2.75) is 25.8 Å². The molecule has 5 heteroatoms. The van der Waals surface area contributed by atoms with Crippen LogP contribution in [-0.2, 0) is 4.79 Å². The monoisotopic (exact) mass is 228 g/mol. The van der Waals surface area contributed by atoms with Crippen molar-refractivity contribution in [3.05, 3.63) is 0 Å². The van der Waals surface area contributed by atoms with Gasteiger partial charge in [0, 0.05) is 32.7 Å². The predicted molar refractivity (Wildman–Crippen MR) is 65.2 cm³/mol. The molecule has 1 fully saturated rings. The highest BCUT2D eigenvalue weighted by molar-refractivity contribution is 5.85. The summed E-state index contributed by atoms with van der Waals surface area (Å²) in [6.45, 7) is 9.03. The van der Waals surface area contributed by atoms with Crippen LogP contribution in [-0.4, -0.2) is 55.6 Å². The second-order valence-electron chi connectivity index (χ2n) is 4.69. The number of amides is 1. The lowest BCUT2D eigenvalue weighted by Crippen LogP contribution is -2.60. The van der Waals surface area contributed by atoms with Crippen LogP contribution in [0.5, 0.6) is 0 Å². The standard InChI is InChI=1S/C11H24N4O/c1-11(2,10(16)14-5-3-4-12)15-8-6-13-7-9-15/h13H,3-9,12H2,1-2H3,(H,14,16). The number of nitrogens with two attached hydrogens (primary N) is 1. The molecular weight excluding hydrogens is 204 g/mol. The Hall–Kier alpha value is -0.650. The molecule has 0 atom stereocenters. The summed E-state index contributed by atoms with van der Waals surface area (Å²) in [5, 5.41) is 6.23. The SMILES string of the molecule is CC(C)(C(=O)NCCCN)N1CCNCC1. The van der Waals surface area contributed by atoms with Gasteiger partial charge in [0.15, 0.2) is 0 Å². The molecule has 0 aromatic rings. The van der Waals surface area contributed by atoms with Gasteiger partial charge in [0.1, 0.15) is 0 Å². The Labute approximate surface area is 97.7 Å². The Bertz CT molecular complexity index is 224. The van der Waals surface area contributed by atoms with Gasteiger partial charge in [-0.25, -0.2) is 0 Å². The molecular formula is C11H24N4O. The van der Waals surface area contributed by atoms with E-state index in [1.807, 2.05) is 13.8 Å². The molecule has 0 bridgehead atoms. The molecule has 1 saturated heterocycles. The zero-order valence-corrected chi connectivity index (χ0v) is 10.4. The maximum atomic E-state index is 12.0. The number of hydrogen-bond donors (Lipinski definition) is 3. The van der Waals surface area contributed by atoms with Crippen LogP contribution in [0.2, 0.25) is 0 Å². The first-order chi connectivity index (χ1) is 7.59. The third kappa shape index (κ3) is 3.43. The maximum Gasteiger partial charge on any atom is 0.239 e. The van der Waals surface area contributed by atoms with E-state index in [-0.39, 0.29) is 5.91 Å². The van der Waals surface area contributed by atoms with Crippen molar-refractivity contribution in [2.75, 3.05) is 39.3 Å². The molecule has 0 radical (unpaired) electrons. The molecule has 1 rings (SSSR count). The van der Waals surface area contributed by atoms with Gasteiger partial charge in [-0.1, -0.05) is 0 Å². The molecule has 0 aromatic carbocycles. The topological polar surface area (TPSA) is 70.4 Å². The van der Waals surface area contributed by atoms with Gasteiger partial charge in [0.2, 0.25) is 5.91 Å². The van der Waals surface area contributed by atoms with Crippen molar-refractivity contribution in [2.24, 2.45) is 5.73 Å². The van der Waals surface area contributed by atoms with Crippen molar-refractivity contribution in [3.63, 3.8) is 0 Å². The van der Waals surface area contributed by atoms with Crippen LogP contribution in [0.1, 0.15) is 20.3 Å². The fourth-order valence-electron chi connectivity index (χ4n) is 1.89. The van der Waals surface area contributed by atoms with Gasteiger partial charge < -0.3 is 16.4 Å². The van der Waals surface area contributed by atoms with Gasteiger partial charge in [-0.15, -0.1) is 0 Å². The number of rotatable bonds is 5. The highest BCUT2D eigenvalue weighted by Gasteiger charge is 2.34. The number of nitrogens with zero attached hydrogens (tertiary/aromatic N) is 1. The Morgan fingerprint density at radius 1 is 1.44 bits per heavy atom. The minimum Gasteiger partial charge on any atom is -0.354 e. The summed E-state index contributed by atoms with van der Waals surface area (Å²) < 4.78 is 0. The second kappa shape index (κ2) is 6.18. The van der Waals surface area contributed by atoms with E-state index in [2.05, 4.69) is 15.5 Å². The minimum absolute atomic E-state index is 0.0999. The smallest absolute Gasteiger partial charge is 0.239 e. The van der Waals surface area contributed by atoms with E-state index in [0.29, 0.717) is 13.1 Å². The minimum atomic E-state index is -0.420. The van der Waals surface area contributed by atoms with Gasteiger partial charge in [-0.3, -0.25) is 9.69 Å². The van der Waals surface area contributed by atoms with Crippen LogP contribution in [0, 0.1) is 0 Å². The molecule has 0 aromatic heterocycles. The summed E-state index contributed by atoms with van der Waals surface area (Å²) >= 11 is 0. The summed E-state index contributed by atoms with van der Waals surface area (Å²) in [5.41, 5.74) is 4.98. The molecule has 1 aliphatic rings. The largest absolute Gasteiger partial charge is 0.354 e. The number of piperazine rings is 1. The van der Waals surface area contributed by atoms with Crippen LogP contribution in [0.3, 0.4) is 0 Å². The van der Waals surface area contributed by atoms with Crippen LogP contribution in [0.15, 0.2) is 0 Å². The summed E-state index contributed by atoms with van der Waals surface area (Å²) in [4.78, 5) is 14.2. The van der Waals surface area contributed by atoms with Crippen LogP contribution < -0.4 is 16.4 Å². The lowest BCUT2D eigenvalue weighted by Gasteiger charge is -2.39. The van der Waals surface area contributed by atoms with Gasteiger partial charge in [-0.05, 0) is 26.8 Å². The van der Waals surface area contributed by atoms with E-state index in [1.165, 1.54) is 0 Å². The van der Waals surface area contributed by atoms with E-state index in [4.69, 9.17) is 5.73 Å². The first-order valence-electron chi connectivity index (χ1n) is 6.03. The zero-order valence-electron chi connectivity index (χ0n) is 10.4. The summed E-state index contributed by atoms with van der Waals surface area (Å²) in [6.07, 6.45) is 0.837. The Balaban J connectivity index is 2.43. The number of carbonyl (C=O) groups is 1. The fourth-order valence-corrected chi connectivity index (χ4v) is 1.89. The Morgan fingerprint density at radius 2 is 2.06 bits per heavy atom. The lowest BCUT2D eigenvalue weighted by molar-refractivity contribution is -0.132. The normalized spacial score (nSPS) is 18.4. The predicted octanol–water partition coefficient (Wildman–Crippen LogP) is -0.865. The van der Waals surface area contributed by atoms with Gasteiger partial charge in [0.05, 0.1) is 5.54 Å². The van der Waals surface area contributed by atoms with Crippen molar-refractivity contribution in [3.8, 4) is 0 Å². The average Bonchev–Trinajstić information content (AvgIpc) is 2.30. The molecule has 0 aliphatic carbocycles. The second-order valence-corrected chi connectivity index (χ2v) is 4.69. The van der Waals surface area contributed by atoms with Crippen molar-refractivity contribution in [1.82, 2.24) is 15.5 Å². The number of nitrogens with one attached hydrogen (secondary N) is 2. The number of hydrogen-bond acceptors (Lipinski definition) is 4. The van der Waals surface area contributed by atoms with Crippen molar-refractivity contribution in [1.29, 1.82) is 0 Å². The zero-order chi connectivity index (χ0) is 12.0. The van der Waals surface area contributed by atoms with Gasteiger partial charge >= 0.3 is 0 Å². The molecule has 1 amide bonds. The lowest BCUT2D eigenvalue weighted by atomic mass is 10.0. The quantitative estimate of drug-likeness (QED) is 0.535. The van der Waals surface area contributed by atoms with Crippen LogP contribution in [0.25, 0.3) is 0 Å². The molecule has 0 spiro atoms. The molecule has 0 unspecified atom stereocenters. The maximum absolute atomic E-state index is 12.0. The summed E-state index contributed by atoms with van der Waals surface area (Å²) in [5.74, 6) is 0.0999.